The maximum absolute atomic E-state index is 2.28. The van der Waals surface area contributed by atoms with Gasteiger partial charge in [-0.1, -0.05) is 121 Å². The van der Waals surface area contributed by atoms with Crippen LogP contribution in [0.5, 0.6) is 0 Å². The summed E-state index contributed by atoms with van der Waals surface area (Å²) >= 11 is 0. The van der Waals surface area contributed by atoms with Crippen LogP contribution in [0.1, 0.15) is 40.5 Å². The molecule has 0 aromatic heterocycles. The Bertz CT molecular complexity index is 904. The summed E-state index contributed by atoms with van der Waals surface area (Å²) in [5, 5.41) is 0. The first-order valence-electron chi connectivity index (χ1n) is 10.1. The number of hydrogen-bond donors (Lipinski definition) is 0. The molecule has 1 atom stereocenters. The maximum Gasteiger partial charge on any atom is 0.00952 e. The van der Waals surface area contributed by atoms with Gasteiger partial charge in [-0.25, -0.2) is 0 Å². The molecule has 0 heteroatoms. The fourth-order valence-corrected chi connectivity index (χ4v) is 4.08. The van der Waals surface area contributed by atoms with Gasteiger partial charge in [0.05, 0.1) is 0 Å². The molecule has 1 unspecified atom stereocenters. The zero-order valence-electron chi connectivity index (χ0n) is 16.1. The predicted molar refractivity (Wildman–Crippen MR) is 119 cm³/mol. The van der Waals surface area contributed by atoms with Crippen molar-refractivity contribution in [2.45, 2.75) is 24.7 Å². The molecule has 4 aromatic rings. The minimum absolute atomic E-state index is 0.385. The summed E-state index contributed by atoms with van der Waals surface area (Å²) in [5.41, 5.74) is 5.60. The van der Waals surface area contributed by atoms with Crippen LogP contribution in [-0.4, -0.2) is 0 Å². The van der Waals surface area contributed by atoms with E-state index in [9.17, 15) is 0 Å². The van der Waals surface area contributed by atoms with Crippen LogP contribution < -0.4 is 0 Å². The highest BCUT2D eigenvalue weighted by molar-refractivity contribution is 5.34. The van der Waals surface area contributed by atoms with E-state index in [4.69, 9.17) is 0 Å². The third kappa shape index (κ3) is 4.58. The van der Waals surface area contributed by atoms with E-state index in [0.29, 0.717) is 11.8 Å². The molecule has 138 valence electrons. The van der Waals surface area contributed by atoms with Crippen molar-refractivity contribution in [3.63, 3.8) is 0 Å². The molecule has 0 aliphatic carbocycles. The van der Waals surface area contributed by atoms with Gasteiger partial charge in [-0.2, -0.15) is 0 Å². The molecule has 0 spiro atoms. The van der Waals surface area contributed by atoms with Crippen LogP contribution in [0.25, 0.3) is 0 Å². The largest absolute Gasteiger partial charge is 0.0622 e. The third-order valence-corrected chi connectivity index (χ3v) is 5.52. The minimum Gasteiger partial charge on any atom is -0.0622 e. The molecule has 0 aliphatic rings. The van der Waals surface area contributed by atoms with Gasteiger partial charge in [0, 0.05) is 5.92 Å². The first-order chi connectivity index (χ1) is 13.9. The molecular weight excluding hydrogens is 336 g/mol. The van der Waals surface area contributed by atoms with Gasteiger partial charge in [0.1, 0.15) is 0 Å². The highest BCUT2D eigenvalue weighted by Gasteiger charge is 2.21. The molecule has 0 aliphatic heterocycles. The lowest BCUT2D eigenvalue weighted by atomic mass is 9.79. The van der Waals surface area contributed by atoms with Crippen LogP contribution in [0.15, 0.2) is 121 Å². The van der Waals surface area contributed by atoms with E-state index in [0.717, 1.165) is 12.8 Å². The first kappa shape index (κ1) is 18.3. The molecule has 28 heavy (non-hydrogen) atoms. The van der Waals surface area contributed by atoms with Crippen molar-refractivity contribution in [2.24, 2.45) is 0 Å². The monoisotopic (exact) mass is 362 g/mol. The van der Waals surface area contributed by atoms with E-state index in [1.54, 1.807) is 0 Å². The van der Waals surface area contributed by atoms with Crippen LogP contribution in [0, 0.1) is 0 Å². The Labute approximate surface area is 168 Å². The Morgan fingerprint density at radius 2 is 0.821 bits per heavy atom. The summed E-state index contributed by atoms with van der Waals surface area (Å²) in [6.45, 7) is 0. The topological polar surface area (TPSA) is 0 Å². The van der Waals surface area contributed by atoms with Crippen LogP contribution in [0.3, 0.4) is 0 Å². The first-order valence-corrected chi connectivity index (χ1v) is 10.1. The van der Waals surface area contributed by atoms with Gasteiger partial charge in [-0.05, 0) is 41.0 Å². The van der Waals surface area contributed by atoms with Crippen molar-refractivity contribution < 1.29 is 0 Å². The normalized spacial score (nSPS) is 12.0. The van der Waals surface area contributed by atoms with Crippen molar-refractivity contribution in [1.82, 2.24) is 0 Å². The molecule has 4 aromatic carbocycles. The Hall–Kier alpha value is -3.12. The van der Waals surface area contributed by atoms with Crippen LogP contribution in [0.2, 0.25) is 0 Å². The molecule has 0 saturated carbocycles. The molecule has 0 heterocycles. The number of benzene rings is 4. The SMILES string of the molecule is c1ccc(CC(CC(c2ccccc2)c2ccccc2)c2ccccc2)cc1. The molecule has 0 N–H and O–H groups in total. The molecule has 0 fully saturated rings. The lowest BCUT2D eigenvalue weighted by molar-refractivity contribution is 0.574. The minimum atomic E-state index is 0.385. The smallest absolute Gasteiger partial charge is 0.00952 e. The van der Waals surface area contributed by atoms with Crippen molar-refractivity contribution in [3.05, 3.63) is 144 Å². The standard InChI is InChI=1S/C28H26/c1-5-13-23(14-6-1)21-27(24-15-7-2-8-16-24)22-28(25-17-9-3-10-18-25)26-19-11-4-12-20-26/h1-20,27-28H,21-22H2. The van der Waals surface area contributed by atoms with Crippen molar-refractivity contribution >= 4 is 0 Å². The lowest BCUT2D eigenvalue weighted by Gasteiger charge is -2.25. The fraction of sp³-hybridized carbons (Fsp3) is 0.143. The molecule has 4 rings (SSSR count). The highest BCUT2D eigenvalue weighted by atomic mass is 14.3. The zero-order valence-corrected chi connectivity index (χ0v) is 16.1. The molecule has 0 nitrogen and oxygen atoms in total. The lowest BCUT2D eigenvalue weighted by Crippen LogP contribution is -2.11. The average Bonchev–Trinajstić information content (AvgIpc) is 2.79. The summed E-state index contributed by atoms with van der Waals surface area (Å²) in [6, 6.07) is 43.7. The Kier molecular flexibility index (Phi) is 5.99. The van der Waals surface area contributed by atoms with Gasteiger partial charge in [0.2, 0.25) is 0 Å². The van der Waals surface area contributed by atoms with Gasteiger partial charge < -0.3 is 0 Å². The van der Waals surface area contributed by atoms with Crippen molar-refractivity contribution in [1.29, 1.82) is 0 Å². The van der Waals surface area contributed by atoms with E-state index in [-0.39, 0.29) is 0 Å². The summed E-state index contributed by atoms with van der Waals surface area (Å²) in [7, 11) is 0. The van der Waals surface area contributed by atoms with Crippen LogP contribution >= 0.6 is 0 Å². The van der Waals surface area contributed by atoms with E-state index >= 15 is 0 Å². The second-order valence-electron chi connectivity index (χ2n) is 7.41. The van der Waals surface area contributed by atoms with E-state index in [2.05, 4.69) is 121 Å². The number of hydrogen-bond acceptors (Lipinski definition) is 0. The van der Waals surface area contributed by atoms with Gasteiger partial charge in [-0.3, -0.25) is 0 Å². The summed E-state index contributed by atoms with van der Waals surface area (Å²) < 4.78 is 0. The summed E-state index contributed by atoms with van der Waals surface area (Å²) in [5.74, 6) is 0.852. The van der Waals surface area contributed by atoms with E-state index < -0.39 is 0 Å². The predicted octanol–water partition coefficient (Wildman–Crippen LogP) is 7.24. The quantitative estimate of drug-likeness (QED) is 0.325. The van der Waals surface area contributed by atoms with Crippen LogP contribution in [0.4, 0.5) is 0 Å². The summed E-state index contributed by atoms with van der Waals surface area (Å²) in [6.07, 6.45) is 2.15. The maximum atomic E-state index is 2.28. The fourth-order valence-electron chi connectivity index (χ4n) is 4.08. The van der Waals surface area contributed by atoms with Gasteiger partial charge in [0.15, 0.2) is 0 Å². The molecular formula is C28H26. The Morgan fingerprint density at radius 1 is 0.429 bits per heavy atom. The third-order valence-electron chi connectivity index (χ3n) is 5.52. The van der Waals surface area contributed by atoms with Gasteiger partial charge in [0.25, 0.3) is 0 Å². The van der Waals surface area contributed by atoms with E-state index in [1.807, 2.05) is 0 Å². The Morgan fingerprint density at radius 3 is 1.29 bits per heavy atom. The summed E-state index contributed by atoms with van der Waals surface area (Å²) in [4.78, 5) is 0. The Balaban J connectivity index is 1.70. The van der Waals surface area contributed by atoms with Crippen LogP contribution in [-0.2, 0) is 6.42 Å². The zero-order chi connectivity index (χ0) is 19.0. The molecule has 0 saturated heterocycles. The van der Waals surface area contributed by atoms with Crippen molar-refractivity contribution in [2.75, 3.05) is 0 Å². The average molecular weight is 363 g/mol. The highest BCUT2D eigenvalue weighted by Crippen LogP contribution is 2.36. The molecule has 0 radical (unpaired) electrons. The second kappa shape index (κ2) is 9.19. The van der Waals surface area contributed by atoms with E-state index in [1.165, 1.54) is 22.3 Å². The van der Waals surface area contributed by atoms with Gasteiger partial charge >= 0.3 is 0 Å². The second-order valence-corrected chi connectivity index (χ2v) is 7.41. The molecule has 0 bridgehead atoms. The molecule has 0 amide bonds. The van der Waals surface area contributed by atoms with Crippen molar-refractivity contribution in [3.8, 4) is 0 Å². The number of rotatable bonds is 7. The van der Waals surface area contributed by atoms with Gasteiger partial charge in [-0.15, -0.1) is 0 Å².